The van der Waals surface area contributed by atoms with Crippen molar-refractivity contribution in [1.29, 1.82) is 0 Å². The second-order valence-corrected chi connectivity index (χ2v) is 4.75. The van der Waals surface area contributed by atoms with E-state index in [4.69, 9.17) is 29.0 Å². The fourth-order valence-electron chi connectivity index (χ4n) is 1.82. The highest BCUT2D eigenvalue weighted by Gasteiger charge is 2.19. The maximum absolute atomic E-state index is 13.3. The molecule has 0 aliphatic carbocycles. The fraction of sp³-hybridized carbons (Fsp3) is 0.0769. The largest absolute Gasteiger partial charge is 0.271 e. The molecular formula is C13H10Cl2F2N2. The van der Waals surface area contributed by atoms with E-state index in [9.17, 15) is 8.78 Å². The Kier molecular flexibility index (Phi) is 4.37. The van der Waals surface area contributed by atoms with E-state index in [0.717, 1.165) is 6.07 Å². The second-order valence-electron chi connectivity index (χ2n) is 3.93. The van der Waals surface area contributed by atoms with E-state index < -0.39 is 17.7 Å². The van der Waals surface area contributed by atoms with E-state index in [2.05, 4.69) is 5.43 Å². The van der Waals surface area contributed by atoms with Crippen LogP contribution in [0, 0.1) is 11.6 Å². The van der Waals surface area contributed by atoms with Crippen LogP contribution in [0.5, 0.6) is 0 Å². The molecule has 2 aromatic rings. The first-order valence-corrected chi connectivity index (χ1v) is 6.14. The van der Waals surface area contributed by atoms with Gasteiger partial charge in [-0.1, -0.05) is 29.3 Å². The van der Waals surface area contributed by atoms with Gasteiger partial charge in [0.15, 0.2) is 0 Å². The minimum absolute atomic E-state index is 0.184. The fourth-order valence-corrected chi connectivity index (χ4v) is 2.32. The molecule has 0 aliphatic heterocycles. The van der Waals surface area contributed by atoms with E-state index in [1.54, 1.807) is 0 Å². The van der Waals surface area contributed by atoms with Crippen molar-refractivity contribution < 1.29 is 8.78 Å². The van der Waals surface area contributed by atoms with Crippen LogP contribution in [-0.2, 0) is 0 Å². The highest BCUT2D eigenvalue weighted by Crippen LogP contribution is 2.32. The van der Waals surface area contributed by atoms with Gasteiger partial charge < -0.3 is 0 Å². The zero-order valence-electron chi connectivity index (χ0n) is 9.63. The third-order valence-electron chi connectivity index (χ3n) is 2.71. The number of nitrogens with two attached hydrogens (primary N) is 1. The molecule has 2 nitrogen and oxygen atoms in total. The average molecular weight is 303 g/mol. The Labute approximate surface area is 119 Å². The summed E-state index contributed by atoms with van der Waals surface area (Å²) < 4.78 is 26.3. The van der Waals surface area contributed by atoms with Crippen LogP contribution in [0.4, 0.5) is 8.78 Å². The van der Waals surface area contributed by atoms with Gasteiger partial charge in [0.2, 0.25) is 0 Å². The van der Waals surface area contributed by atoms with Gasteiger partial charge >= 0.3 is 0 Å². The van der Waals surface area contributed by atoms with Crippen molar-refractivity contribution in [3.05, 3.63) is 69.2 Å². The highest BCUT2D eigenvalue weighted by atomic mass is 35.5. The van der Waals surface area contributed by atoms with Crippen molar-refractivity contribution in [2.45, 2.75) is 6.04 Å². The van der Waals surface area contributed by atoms with Crippen molar-refractivity contribution in [2.75, 3.05) is 0 Å². The molecule has 0 fully saturated rings. The summed E-state index contributed by atoms with van der Waals surface area (Å²) in [5.74, 6) is 4.57. The molecule has 100 valence electrons. The predicted octanol–water partition coefficient (Wildman–Crippen LogP) is 3.82. The van der Waals surface area contributed by atoms with Crippen LogP contribution in [-0.4, -0.2) is 0 Å². The molecule has 6 heteroatoms. The Hall–Kier alpha value is -1.20. The topological polar surface area (TPSA) is 38.0 Å². The highest BCUT2D eigenvalue weighted by molar-refractivity contribution is 6.32. The van der Waals surface area contributed by atoms with Gasteiger partial charge in [-0.25, -0.2) is 14.2 Å². The first kappa shape index (κ1) is 14.2. The van der Waals surface area contributed by atoms with Crippen LogP contribution in [0.3, 0.4) is 0 Å². The molecule has 0 amide bonds. The molecule has 1 unspecified atom stereocenters. The lowest BCUT2D eigenvalue weighted by atomic mass is 9.99. The predicted molar refractivity (Wildman–Crippen MR) is 72.0 cm³/mol. The summed E-state index contributed by atoms with van der Waals surface area (Å²) in [6.45, 7) is 0. The van der Waals surface area contributed by atoms with Crippen molar-refractivity contribution in [2.24, 2.45) is 5.84 Å². The van der Waals surface area contributed by atoms with Gasteiger partial charge in [0, 0.05) is 10.0 Å². The summed E-state index contributed by atoms with van der Waals surface area (Å²) in [6, 6.07) is 7.18. The van der Waals surface area contributed by atoms with Gasteiger partial charge in [0.1, 0.15) is 11.6 Å². The quantitative estimate of drug-likeness (QED) is 0.668. The van der Waals surface area contributed by atoms with Gasteiger partial charge in [-0.2, -0.15) is 0 Å². The molecule has 0 saturated heterocycles. The number of nitrogens with one attached hydrogen (secondary N) is 1. The van der Waals surface area contributed by atoms with Crippen LogP contribution in [0.1, 0.15) is 17.2 Å². The Morgan fingerprint density at radius 1 is 0.895 bits per heavy atom. The standard InChI is InChI=1S/C13H10Cl2F2N2/c14-11-4-2-7(16)5-10(11)13(19-18)9-3-1-8(17)6-12(9)15/h1-6,13,19H,18H2. The van der Waals surface area contributed by atoms with Crippen molar-refractivity contribution in [3.8, 4) is 0 Å². The van der Waals surface area contributed by atoms with Crippen LogP contribution < -0.4 is 11.3 Å². The van der Waals surface area contributed by atoms with Gasteiger partial charge in [-0.3, -0.25) is 5.84 Å². The molecule has 0 heterocycles. The number of hydrogen-bond acceptors (Lipinski definition) is 2. The molecule has 0 spiro atoms. The van der Waals surface area contributed by atoms with Crippen molar-refractivity contribution >= 4 is 23.2 Å². The van der Waals surface area contributed by atoms with Crippen LogP contribution in [0.25, 0.3) is 0 Å². The Balaban J connectivity index is 2.52. The van der Waals surface area contributed by atoms with E-state index in [1.165, 1.54) is 30.3 Å². The summed E-state index contributed by atoms with van der Waals surface area (Å²) in [5.41, 5.74) is 3.45. The average Bonchev–Trinajstić information content (AvgIpc) is 2.36. The smallest absolute Gasteiger partial charge is 0.124 e. The molecule has 0 aromatic heterocycles. The minimum Gasteiger partial charge on any atom is -0.271 e. The lowest BCUT2D eigenvalue weighted by Gasteiger charge is -2.19. The number of halogens is 4. The normalized spacial score (nSPS) is 12.5. The number of hydrazine groups is 1. The van der Waals surface area contributed by atoms with Crippen LogP contribution in [0.15, 0.2) is 36.4 Å². The summed E-state index contributed by atoms with van der Waals surface area (Å²) in [7, 11) is 0. The van der Waals surface area contributed by atoms with E-state index >= 15 is 0 Å². The van der Waals surface area contributed by atoms with Crippen molar-refractivity contribution in [3.63, 3.8) is 0 Å². The van der Waals surface area contributed by atoms with E-state index in [-0.39, 0.29) is 5.02 Å². The van der Waals surface area contributed by atoms with E-state index in [1.807, 2.05) is 0 Å². The van der Waals surface area contributed by atoms with Gasteiger partial charge in [0.05, 0.1) is 6.04 Å². The molecule has 0 bridgehead atoms. The lowest BCUT2D eigenvalue weighted by Crippen LogP contribution is -2.29. The van der Waals surface area contributed by atoms with Gasteiger partial charge in [-0.05, 0) is 41.5 Å². The minimum atomic E-state index is -0.628. The monoisotopic (exact) mass is 302 g/mol. The first-order chi connectivity index (χ1) is 9.02. The number of hydrogen-bond donors (Lipinski definition) is 2. The Morgan fingerprint density at radius 3 is 2.16 bits per heavy atom. The van der Waals surface area contributed by atoms with Crippen LogP contribution >= 0.6 is 23.2 Å². The summed E-state index contributed by atoms with van der Waals surface area (Å²) in [5, 5.41) is 0.521. The first-order valence-electron chi connectivity index (χ1n) is 5.39. The van der Waals surface area contributed by atoms with E-state index in [0.29, 0.717) is 16.1 Å². The molecule has 0 saturated carbocycles. The third kappa shape index (κ3) is 3.04. The lowest BCUT2D eigenvalue weighted by molar-refractivity contribution is 0.601. The molecule has 2 rings (SSSR count). The molecule has 3 N–H and O–H groups in total. The zero-order chi connectivity index (χ0) is 14.0. The molecule has 0 aliphatic rings. The molecule has 0 radical (unpaired) electrons. The zero-order valence-corrected chi connectivity index (χ0v) is 11.1. The Morgan fingerprint density at radius 2 is 1.53 bits per heavy atom. The molecular weight excluding hydrogens is 293 g/mol. The molecule has 1 atom stereocenters. The summed E-state index contributed by atoms with van der Waals surface area (Å²) >= 11 is 12.0. The SMILES string of the molecule is NNC(c1ccc(F)cc1Cl)c1cc(F)ccc1Cl. The van der Waals surface area contributed by atoms with Gasteiger partial charge in [0.25, 0.3) is 0 Å². The number of rotatable bonds is 3. The maximum Gasteiger partial charge on any atom is 0.124 e. The van der Waals surface area contributed by atoms with Crippen molar-refractivity contribution in [1.82, 2.24) is 5.43 Å². The molecule has 2 aromatic carbocycles. The summed E-state index contributed by atoms with van der Waals surface area (Å²) in [6.07, 6.45) is 0. The molecule has 19 heavy (non-hydrogen) atoms. The third-order valence-corrected chi connectivity index (χ3v) is 3.38. The summed E-state index contributed by atoms with van der Waals surface area (Å²) in [4.78, 5) is 0. The van der Waals surface area contributed by atoms with Gasteiger partial charge in [-0.15, -0.1) is 0 Å². The van der Waals surface area contributed by atoms with Crippen LogP contribution in [0.2, 0.25) is 10.0 Å². The Bertz CT molecular complexity index is 605. The second kappa shape index (κ2) is 5.84. The maximum atomic E-state index is 13.3. The number of benzene rings is 2.